The Hall–Kier alpha value is -1.37. The Morgan fingerprint density at radius 3 is 3.00 bits per heavy atom. The maximum atomic E-state index is 11.3. The van der Waals surface area contributed by atoms with E-state index in [2.05, 4.69) is 26.3 Å². The van der Waals surface area contributed by atoms with Crippen LogP contribution in [-0.2, 0) is 11.8 Å². The van der Waals surface area contributed by atoms with Crippen molar-refractivity contribution in [1.82, 2.24) is 9.78 Å². The first-order chi connectivity index (χ1) is 6.52. The normalized spacial score (nSPS) is 9.86. The van der Waals surface area contributed by atoms with Crippen molar-refractivity contribution < 1.29 is 4.79 Å². The average Bonchev–Trinajstić information content (AvgIpc) is 2.13. The summed E-state index contributed by atoms with van der Waals surface area (Å²) < 4.78 is 1.51. The Morgan fingerprint density at radius 2 is 2.43 bits per heavy atom. The number of nitrogens with two attached hydrogens (primary N) is 1. The predicted molar refractivity (Wildman–Crippen MR) is 54.9 cm³/mol. The minimum atomic E-state index is -0.502. The van der Waals surface area contributed by atoms with Gasteiger partial charge in [-0.05, 0) is 15.9 Å². The van der Waals surface area contributed by atoms with Crippen LogP contribution in [0.15, 0.2) is 15.5 Å². The molecule has 0 aliphatic rings. The molecule has 0 fully saturated rings. The third kappa shape index (κ3) is 2.32. The van der Waals surface area contributed by atoms with Gasteiger partial charge in [-0.2, -0.15) is 5.10 Å². The number of halogens is 1. The smallest absolute Gasteiger partial charge is 0.282 e. The number of rotatable bonds is 3. The maximum Gasteiger partial charge on any atom is 0.282 e. The molecule has 0 spiro atoms. The molecular formula is C7H9BrN4O2. The monoisotopic (exact) mass is 260 g/mol. The van der Waals surface area contributed by atoms with E-state index in [1.807, 2.05) is 0 Å². The molecule has 0 unspecified atom stereocenters. The molecule has 1 heterocycles. The average molecular weight is 261 g/mol. The largest absolute Gasteiger partial charge is 0.374 e. The van der Waals surface area contributed by atoms with Crippen molar-refractivity contribution in [3.8, 4) is 0 Å². The number of primary amides is 1. The highest BCUT2D eigenvalue weighted by Gasteiger charge is 2.06. The van der Waals surface area contributed by atoms with Crippen LogP contribution in [0.3, 0.4) is 0 Å². The second-order valence-electron chi connectivity index (χ2n) is 2.62. The number of nitrogens with zero attached hydrogens (tertiary/aromatic N) is 2. The van der Waals surface area contributed by atoms with Crippen molar-refractivity contribution in [2.75, 3.05) is 11.9 Å². The van der Waals surface area contributed by atoms with Crippen molar-refractivity contribution in [3.05, 3.63) is 21.0 Å². The molecule has 3 N–H and O–H groups in total. The zero-order valence-electron chi connectivity index (χ0n) is 7.45. The van der Waals surface area contributed by atoms with Gasteiger partial charge in [-0.25, -0.2) is 4.68 Å². The summed E-state index contributed by atoms with van der Waals surface area (Å²) in [5.74, 6) is -0.502. The van der Waals surface area contributed by atoms with E-state index in [1.54, 1.807) is 0 Å². The van der Waals surface area contributed by atoms with Crippen LogP contribution < -0.4 is 16.6 Å². The molecule has 0 radical (unpaired) electrons. The lowest BCUT2D eigenvalue weighted by atomic mass is 10.4. The molecular weight excluding hydrogens is 252 g/mol. The highest BCUT2D eigenvalue weighted by atomic mass is 79.9. The summed E-state index contributed by atoms with van der Waals surface area (Å²) in [6.07, 6.45) is 1.44. The molecule has 76 valence electrons. The van der Waals surface area contributed by atoms with Gasteiger partial charge in [0, 0.05) is 7.05 Å². The second kappa shape index (κ2) is 4.23. The Bertz CT molecular complexity index is 415. The molecule has 6 nitrogen and oxygen atoms in total. The number of carbonyl (C=O) groups is 1. The number of aryl methyl sites for hydroxylation is 1. The fourth-order valence-electron chi connectivity index (χ4n) is 0.816. The lowest BCUT2D eigenvalue weighted by Gasteiger charge is -2.05. The third-order valence-corrected chi connectivity index (χ3v) is 2.30. The van der Waals surface area contributed by atoms with Gasteiger partial charge in [0.25, 0.3) is 5.56 Å². The van der Waals surface area contributed by atoms with E-state index in [-0.39, 0.29) is 12.1 Å². The van der Waals surface area contributed by atoms with Gasteiger partial charge in [0.2, 0.25) is 5.91 Å². The molecule has 0 bridgehead atoms. The fourth-order valence-corrected chi connectivity index (χ4v) is 1.32. The zero-order chi connectivity index (χ0) is 10.7. The number of anilines is 1. The van der Waals surface area contributed by atoms with Crippen LogP contribution in [0.1, 0.15) is 0 Å². The number of nitrogens with one attached hydrogen (secondary N) is 1. The minimum Gasteiger partial charge on any atom is -0.374 e. The molecule has 0 aromatic carbocycles. The lowest BCUT2D eigenvalue weighted by molar-refractivity contribution is -0.116. The number of carbonyl (C=O) groups excluding carboxylic acids is 1. The molecule has 1 amide bonds. The van der Waals surface area contributed by atoms with Gasteiger partial charge in [-0.3, -0.25) is 9.59 Å². The van der Waals surface area contributed by atoms with Gasteiger partial charge in [-0.1, -0.05) is 0 Å². The highest BCUT2D eigenvalue weighted by molar-refractivity contribution is 9.10. The molecule has 0 atom stereocenters. The molecule has 1 aromatic rings. The number of amides is 1. The van der Waals surface area contributed by atoms with E-state index < -0.39 is 5.91 Å². The van der Waals surface area contributed by atoms with E-state index in [4.69, 9.17) is 5.73 Å². The standard InChI is InChI=1S/C7H9BrN4O2/c1-12-7(14)6(8)4(2-11-12)10-3-5(9)13/h2,10H,3H2,1H3,(H2,9,13). The lowest BCUT2D eigenvalue weighted by Crippen LogP contribution is -2.25. The first-order valence-electron chi connectivity index (χ1n) is 3.76. The van der Waals surface area contributed by atoms with Crippen LogP contribution >= 0.6 is 15.9 Å². The van der Waals surface area contributed by atoms with Crippen LogP contribution in [0.5, 0.6) is 0 Å². The van der Waals surface area contributed by atoms with Gasteiger partial charge in [0.15, 0.2) is 0 Å². The quantitative estimate of drug-likeness (QED) is 0.763. The van der Waals surface area contributed by atoms with E-state index in [1.165, 1.54) is 17.9 Å². The van der Waals surface area contributed by atoms with Crippen molar-refractivity contribution in [3.63, 3.8) is 0 Å². The number of hydrogen-bond acceptors (Lipinski definition) is 4. The Balaban J connectivity index is 2.94. The number of aromatic nitrogens is 2. The molecule has 0 aliphatic heterocycles. The topological polar surface area (TPSA) is 90.0 Å². The van der Waals surface area contributed by atoms with E-state index in [0.717, 1.165) is 0 Å². The van der Waals surface area contributed by atoms with Crippen LogP contribution in [0.25, 0.3) is 0 Å². The zero-order valence-corrected chi connectivity index (χ0v) is 9.04. The van der Waals surface area contributed by atoms with Crippen molar-refractivity contribution in [1.29, 1.82) is 0 Å². The van der Waals surface area contributed by atoms with Gasteiger partial charge in [0.1, 0.15) is 4.47 Å². The molecule has 7 heteroatoms. The predicted octanol–water partition coefficient (Wildman–Crippen LogP) is -0.560. The molecule has 1 rings (SSSR count). The SMILES string of the molecule is Cn1ncc(NCC(N)=O)c(Br)c1=O. The summed E-state index contributed by atoms with van der Waals surface area (Å²) in [5.41, 5.74) is 5.11. The maximum absolute atomic E-state index is 11.3. The summed E-state index contributed by atoms with van der Waals surface area (Å²) in [6.45, 7) is -0.0343. The van der Waals surface area contributed by atoms with Gasteiger partial charge >= 0.3 is 0 Å². The Kier molecular flexibility index (Phi) is 3.23. The molecule has 0 aliphatic carbocycles. The van der Waals surface area contributed by atoms with E-state index >= 15 is 0 Å². The van der Waals surface area contributed by atoms with Gasteiger partial charge in [-0.15, -0.1) is 0 Å². The summed E-state index contributed by atoms with van der Waals surface area (Å²) in [7, 11) is 1.53. The molecule has 0 saturated heterocycles. The molecule has 0 saturated carbocycles. The summed E-state index contributed by atoms with van der Waals surface area (Å²) in [6, 6.07) is 0. The molecule has 1 aromatic heterocycles. The summed E-state index contributed by atoms with van der Waals surface area (Å²) >= 11 is 3.09. The van der Waals surface area contributed by atoms with Crippen molar-refractivity contribution in [2.45, 2.75) is 0 Å². The molecule has 14 heavy (non-hydrogen) atoms. The Morgan fingerprint density at radius 1 is 1.79 bits per heavy atom. The fraction of sp³-hybridized carbons (Fsp3) is 0.286. The van der Waals surface area contributed by atoms with E-state index in [9.17, 15) is 9.59 Å². The van der Waals surface area contributed by atoms with Gasteiger partial charge in [0.05, 0.1) is 18.4 Å². The van der Waals surface area contributed by atoms with Crippen LogP contribution in [0.2, 0.25) is 0 Å². The Labute approximate surface area is 88.2 Å². The van der Waals surface area contributed by atoms with E-state index in [0.29, 0.717) is 10.2 Å². The van der Waals surface area contributed by atoms with Crippen molar-refractivity contribution >= 4 is 27.5 Å². The van der Waals surface area contributed by atoms with Gasteiger partial charge < -0.3 is 11.1 Å². The minimum absolute atomic E-state index is 0.0343. The first-order valence-corrected chi connectivity index (χ1v) is 4.55. The van der Waals surface area contributed by atoms with Crippen LogP contribution in [0.4, 0.5) is 5.69 Å². The second-order valence-corrected chi connectivity index (χ2v) is 3.41. The van der Waals surface area contributed by atoms with Crippen LogP contribution in [0, 0.1) is 0 Å². The number of hydrogen-bond donors (Lipinski definition) is 2. The summed E-state index contributed by atoms with van der Waals surface area (Å²) in [4.78, 5) is 21.8. The highest BCUT2D eigenvalue weighted by Crippen LogP contribution is 2.14. The first kappa shape index (κ1) is 10.7. The summed E-state index contributed by atoms with van der Waals surface area (Å²) in [5, 5.41) is 6.46. The van der Waals surface area contributed by atoms with Crippen LogP contribution in [-0.4, -0.2) is 22.2 Å². The van der Waals surface area contributed by atoms with Crippen molar-refractivity contribution in [2.24, 2.45) is 12.8 Å². The third-order valence-electron chi connectivity index (χ3n) is 1.53.